The topological polar surface area (TPSA) is 50.1 Å². The van der Waals surface area contributed by atoms with Gasteiger partial charge in [-0.15, -0.1) is 0 Å². The third-order valence-electron chi connectivity index (χ3n) is 4.15. The monoisotopic (exact) mass is 237 g/mol. The molecular formula is C13H23N3O. The number of nitrogens with zero attached hydrogens (tertiary/aromatic N) is 2. The average molecular weight is 237 g/mol. The first-order valence-electron chi connectivity index (χ1n) is 6.46. The SMILES string of the molecule is Cc1c(CNCC2(CO)CCCC2)cnn1C. The van der Waals surface area contributed by atoms with Gasteiger partial charge in [-0.1, -0.05) is 12.8 Å². The van der Waals surface area contributed by atoms with E-state index >= 15 is 0 Å². The Hall–Kier alpha value is -0.870. The van der Waals surface area contributed by atoms with Gasteiger partial charge in [0.1, 0.15) is 0 Å². The van der Waals surface area contributed by atoms with Crippen LogP contribution in [0, 0.1) is 12.3 Å². The Balaban J connectivity index is 1.85. The summed E-state index contributed by atoms with van der Waals surface area (Å²) in [5, 5.41) is 17.2. The van der Waals surface area contributed by atoms with Crippen LogP contribution in [-0.2, 0) is 13.6 Å². The highest BCUT2D eigenvalue weighted by Crippen LogP contribution is 2.36. The van der Waals surface area contributed by atoms with E-state index in [1.54, 1.807) is 0 Å². The summed E-state index contributed by atoms with van der Waals surface area (Å²) >= 11 is 0. The first kappa shape index (κ1) is 12.6. The minimum atomic E-state index is 0.135. The van der Waals surface area contributed by atoms with Crippen LogP contribution in [0.4, 0.5) is 0 Å². The van der Waals surface area contributed by atoms with Crippen molar-refractivity contribution in [2.24, 2.45) is 12.5 Å². The molecule has 0 saturated heterocycles. The van der Waals surface area contributed by atoms with Gasteiger partial charge in [-0.05, 0) is 19.8 Å². The number of aliphatic hydroxyl groups excluding tert-OH is 1. The van der Waals surface area contributed by atoms with Gasteiger partial charge >= 0.3 is 0 Å². The molecule has 0 bridgehead atoms. The van der Waals surface area contributed by atoms with Crippen molar-refractivity contribution in [1.29, 1.82) is 0 Å². The molecule has 0 atom stereocenters. The van der Waals surface area contributed by atoms with Crippen LogP contribution in [0.5, 0.6) is 0 Å². The van der Waals surface area contributed by atoms with Crippen LogP contribution in [-0.4, -0.2) is 28.0 Å². The van der Waals surface area contributed by atoms with Gasteiger partial charge in [0.25, 0.3) is 0 Å². The van der Waals surface area contributed by atoms with Crippen molar-refractivity contribution >= 4 is 0 Å². The first-order chi connectivity index (χ1) is 8.17. The fourth-order valence-electron chi connectivity index (χ4n) is 2.70. The number of aromatic nitrogens is 2. The van der Waals surface area contributed by atoms with Crippen LogP contribution in [0.3, 0.4) is 0 Å². The van der Waals surface area contributed by atoms with Crippen LogP contribution in [0.1, 0.15) is 36.9 Å². The Labute approximate surface area is 103 Å². The molecule has 0 spiro atoms. The van der Waals surface area contributed by atoms with E-state index in [9.17, 15) is 5.11 Å². The molecule has 0 amide bonds. The van der Waals surface area contributed by atoms with Gasteiger partial charge in [0.15, 0.2) is 0 Å². The van der Waals surface area contributed by atoms with E-state index in [0.29, 0.717) is 6.61 Å². The molecule has 4 nitrogen and oxygen atoms in total. The molecule has 96 valence electrons. The number of hydrogen-bond acceptors (Lipinski definition) is 3. The van der Waals surface area contributed by atoms with Crippen molar-refractivity contribution in [2.45, 2.75) is 39.2 Å². The number of hydrogen-bond donors (Lipinski definition) is 2. The summed E-state index contributed by atoms with van der Waals surface area (Å²) in [7, 11) is 1.96. The van der Waals surface area contributed by atoms with E-state index in [0.717, 1.165) is 25.9 Å². The molecule has 1 saturated carbocycles. The van der Waals surface area contributed by atoms with Crippen molar-refractivity contribution < 1.29 is 5.11 Å². The van der Waals surface area contributed by atoms with Crippen LogP contribution < -0.4 is 5.32 Å². The predicted molar refractivity (Wildman–Crippen MR) is 67.6 cm³/mol. The summed E-state index contributed by atoms with van der Waals surface area (Å²) in [6.45, 7) is 4.16. The number of nitrogens with one attached hydrogen (secondary N) is 1. The highest BCUT2D eigenvalue weighted by Gasteiger charge is 2.32. The molecule has 17 heavy (non-hydrogen) atoms. The maximum Gasteiger partial charge on any atom is 0.0537 e. The third-order valence-corrected chi connectivity index (χ3v) is 4.15. The standard InChI is InChI=1S/C13H23N3O/c1-11-12(8-15-16(11)2)7-14-9-13(10-17)5-3-4-6-13/h8,14,17H,3-7,9-10H2,1-2H3. The van der Waals surface area contributed by atoms with Crippen molar-refractivity contribution in [3.05, 3.63) is 17.5 Å². The second-order valence-electron chi connectivity index (χ2n) is 5.35. The normalized spacial score (nSPS) is 18.8. The Morgan fingerprint density at radius 3 is 2.71 bits per heavy atom. The van der Waals surface area contributed by atoms with E-state index in [2.05, 4.69) is 17.3 Å². The summed E-state index contributed by atoms with van der Waals surface area (Å²) in [5.74, 6) is 0. The summed E-state index contributed by atoms with van der Waals surface area (Å²) in [5.41, 5.74) is 2.59. The summed E-state index contributed by atoms with van der Waals surface area (Å²) in [6, 6.07) is 0. The van der Waals surface area contributed by atoms with Crippen LogP contribution in [0.15, 0.2) is 6.20 Å². The molecule has 0 radical (unpaired) electrons. The van der Waals surface area contributed by atoms with Gasteiger partial charge in [0.2, 0.25) is 0 Å². The molecule has 1 aliphatic rings. The maximum absolute atomic E-state index is 9.52. The molecule has 1 aromatic rings. The van der Waals surface area contributed by atoms with Crippen molar-refractivity contribution in [2.75, 3.05) is 13.2 Å². The Kier molecular flexibility index (Phi) is 3.84. The average Bonchev–Trinajstić information content (AvgIpc) is 2.92. The Morgan fingerprint density at radius 1 is 1.47 bits per heavy atom. The van der Waals surface area contributed by atoms with E-state index < -0.39 is 0 Å². The minimum absolute atomic E-state index is 0.135. The van der Waals surface area contributed by atoms with Gasteiger partial charge in [0, 0.05) is 43.4 Å². The smallest absolute Gasteiger partial charge is 0.0537 e. The summed E-state index contributed by atoms with van der Waals surface area (Å²) in [6.07, 6.45) is 6.75. The molecule has 0 aromatic carbocycles. The highest BCUT2D eigenvalue weighted by molar-refractivity contribution is 5.15. The Bertz CT molecular complexity index is 367. The van der Waals surface area contributed by atoms with Gasteiger partial charge in [-0.25, -0.2) is 0 Å². The van der Waals surface area contributed by atoms with Crippen molar-refractivity contribution in [3.63, 3.8) is 0 Å². The molecule has 1 aliphatic carbocycles. The van der Waals surface area contributed by atoms with Crippen LogP contribution in [0.25, 0.3) is 0 Å². The largest absolute Gasteiger partial charge is 0.396 e. The number of aryl methyl sites for hydroxylation is 1. The number of rotatable bonds is 5. The summed E-state index contributed by atoms with van der Waals surface area (Å²) in [4.78, 5) is 0. The van der Waals surface area contributed by atoms with Gasteiger partial charge in [-0.3, -0.25) is 4.68 Å². The lowest BCUT2D eigenvalue weighted by molar-refractivity contribution is 0.128. The summed E-state index contributed by atoms with van der Waals surface area (Å²) < 4.78 is 1.90. The van der Waals surface area contributed by atoms with E-state index in [1.807, 2.05) is 17.9 Å². The Morgan fingerprint density at radius 2 is 2.18 bits per heavy atom. The lowest BCUT2D eigenvalue weighted by Gasteiger charge is -2.26. The quantitative estimate of drug-likeness (QED) is 0.813. The molecule has 1 heterocycles. The highest BCUT2D eigenvalue weighted by atomic mass is 16.3. The molecule has 4 heteroatoms. The molecule has 0 aliphatic heterocycles. The zero-order chi connectivity index (χ0) is 12.3. The molecule has 1 fully saturated rings. The number of aliphatic hydroxyl groups is 1. The van der Waals surface area contributed by atoms with E-state index in [1.165, 1.54) is 24.1 Å². The van der Waals surface area contributed by atoms with E-state index in [4.69, 9.17) is 0 Å². The van der Waals surface area contributed by atoms with Crippen molar-refractivity contribution in [1.82, 2.24) is 15.1 Å². The zero-order valence-corrected chi connectivity index (χ0v) is 10.9. The van der Waals surface area contributed by atoms with Gasteiger partial charge in [-0.2, -0.15) is 5.10 Å². The lowest BCUT2D eigenvalue weighted by Crippen LogP contribution is -2.34. The molecule has 2 N–H and O–H groups in total. The van der Waals surface area contributed by atoms with Crippen molar-refractivity contribution in [3.8, 4) is 0 Å². The minimum Gasteiger partial charge on any atom is -0.396 e. The third kappa shape index (κ3) is 2.69. The van der Waals surface area contributed by atoms with E-state index in [-0.39, 0.29) is 5.41 Å². The maximum atomic E-state index is 9.52. The molecule has 2 rings (SSSR count). The molecule has 1 aromatic heterocycles. The molecule has 0 unspecified atom stereocenters. The molecular weight excluding hydrogens is 214 g/mol. The fraction of sp³-hybridized carbons (Fsp3) is 0.769. The fourth-order valence-corrected chi connectivity index (χ4v) is 2.70. The lowest BCUT2D eigenvalue weighted by atomic mass is 9.87. The van der Waals surface area contributed by atoms with Crippen LogP contribution >= 0.6 is 0 Å². The first-order valence-corrected chi connectivity index (χ1v) is 6.46. The van der Waals surface area contributed by atoms with Crippen LogP contribution in [0.2, 0.25) is 0 Å². The zero-order valence-electron chi connectivity index (χ0n) is 10.9. The van der Waals surface area contributed by atoms with Gasteiger partial charge < -0.3 is 10.4 Å². The predicted octanol–water partition coefficient (Wildman–Crippen LogP) is 1.37. The second-order valence-corrected chi connectivity index (χ2v) is 5.35. The second kappa shape index (κ2) is 5.19. The van der Waals surface area contributed by atoms with Gasteiger partial charge in [0.05, 0.1) is 6.20 Å².